The number of carbonyl (C=O) groups excluding carboxylic acids is 1. The molecule has 27 heavy (non-hydrogen) atoms. The molecule has 0 unspecified atom stereocenters. The molecular formula is C20H14FN3O2S. The van der Waals surface area contributed by atoms with Crippen LogP contribution in [0.4, 0.5) is 10.1 Å². The van der Waals surface area contributed by atoms with Gasteiger partial charge >= 0.3 is 5.97 Å². The summed E-state index contributed by atoms with van der Waals surface area (Å²) in [4.78, 5) is 16.3. The van der Waals surface area contributed by atoms with Gasteiger partial charge in [0.1, 0.15) is 22.5 Å². The molecule has 3 rings (SSSR count). The molecule has 0 amide bonds. The number of para-hydroxylation sites is 1. The number of aromatic nitrogens is 1. The van der Waals surface area contributed by atoms with E-state index >= 15 is 0 Å². The second kappa shape index (κ2) is 8.25. The largest absolute Gasteiger partial charge is 0.465 e. The summed E-state index contributed by atoms with van der Waals surface area (Å²) in [5.41, 5.74) is 2.62. The Kier molecular flexibility index (Phi) is 5.59. The molecule has 0 saturated heterocycles. The van der Waals surface area contributed by atoms with E-state index in [9.17, 15) is 14.4 Å². The minimum Gasteiger partial charge on any atom is -0.465 e. The first-order chi connectivity index (χ1) is 13.1. The zero-order valence-electron chi connectivity index (χ0n) is 14.3. The van der Waals surface area contributed by atoms with Gasteiger partial charge in [0.25, 0.3) is 0 Å². The van der Waals surface area contributed by atoms with Crippen molar-refractivity contribution in [2.24, 2.45) is 0 Å². The average Bonchev–Trinajstić information content (AvgIpc) is 3.18. The Hall–Kier alpha value is -3.50. The minimum absolute atomic E-state index is 0.313. The number of methoxy groups -OCH3 is 1. The number of halogens is 1. The molecule has 5 nitrogen and oxygen atoms in total. The lowest BCUT2D eigenvalue weighted by Crippen LogP contribution is -2.05. The number of esters is 1. The van der Waals surface area contributed by atoms with E-state index in [2.05, 4.69) is 16.4 Å². The van der Waals surface area contributed by atoms with Crippen LogP contribution in [0.3, 0.4) is 0 Å². The second-order valence-corrected chi connectivity index (χ2v) is 6.25. The molecule has 0 fully saturated rings. The summed E-state index contributed by atoms with van der Waals surface area (Å²) in [5.74, 6) is -0.793. The molecule has 1 aromatic heterocycles. The van der Waals surface area contributed by atoms with Crippen molar-refractivity contribution in [3.63, 3.8) is 0 Å². The highest BCUT2D eigenvalue weighted by Crippen LogP contribution is 2.26. The highest BCUT2D eigenvalue weighted by Gasteiger charge is 2.12. The number of thiazole rings is 1. The van der Waals surface area contributed by atoms with Crippen molar-refractivity contribution in [1.29, 1.82) is 5.26 Å². The van der Waals surface area contributed by atoms with E-state index in [-0.39, 0.29) is 5.82 Å². The maximum atomic E-state index is 13.1. The normalized spacial score (nSPS) is 10.9. The third-order valence-electron chi connectivity index (χ3n) is 3.70. The van der Waals surface area contributed by atoms with E-state index in [0.29, 0.717) is 27.5 Å². The minimum atomic E-state index is -0.474. The second-order valence-electron chi connectivity index (χ2n) is 5.40. The SMILES string of the molecule is COC(=O)c1ccccc1NC=C(C#N)c1nc(-c2ccc(F)cc2)cs1. The number of nitriles is 1. The molecule has 1 N–H and O–H groups in total. The van der Waals surface area contributed by atoms with Gasteiger partial charge in [-0.1, -0.05) is 12.1 Å². The Morgan fingerprint density at radius 1 is 1.26 bits per heavy atom. The van der Waals surface area contributed by atoms with Gasteiger partial charge in [0.05, 0.1) is 24.1 Å². The van der Waals surface area contributed by atoms with Gasteiger partial charge in [0.15, 0.2) is 0 Å². The van der Waals surface area contributed by atoms with Gasteiger partial charge in [-0.05, 0) is 36.4 Å². The van der Waals surface area contributed by atoms with Crippen molar-refractivity contribution in [2.45, 2.75) is 0 Å². The van der Waals surface area contributed by atoms with Gasteiger partial charge in [-0.25, -0.2) is 14.2 Å². The fourth-order valence-electron chi connectivity index (χ4n) is 2.34. The number of rotatable bonds is 5. The number of hydrogen-bond donors (Lipinski definition) is 1. The van der Waals surface area contributed by atoms with Gasteiger partial charge in [0.2, 0.25) is 0 Å². The molecule has 7 heteroatoms. The van der Waals surface area contributed by atoms with E-state index < -0.39 is 5.97 Å². The van der Waals surface area contributed by atoms with Crippen LogP contribution in [0.15, 0.2) is 60.1 Å². The molecule has 0 saturated carbocycles. The Morgan fingerprint density at radius 2 is 2.00 bits per heavy atom. The number of nitrogens with zero attached hydrogens (tertiary/aromatic N) is 2. The van der Waals surface area contributed by atoms with Crippen molar-refractivity contribution in [3.8, 4) is 17.3 Å². The van der Waals surface area contributed by atoms with Gasteiger partial charge in [-0.2, -0.15) is 5.26 Å². The third-order valence-corrected chi connectivity index (χ3v) is 4.57. The summed E-state index contributed by atoms with van der Waals surface area (Å²) in [6.45, 7) is 0. The summed E-state index contributed by atoms with van der Waals surface area (Å²) in [6, 6.07) is 14.9. The van der Waals surface area contributed by atoms with E-state index in [1.807, 2.05) is 0 Å². The van der Waals surface area contributed by atoms with Crippen molar-refractivity contribution in [2.75, 3.05) is 12.4 Å². The van der Waals surface area contributed by atoms with Crippen LogP contribution in [-0.2, 0) is 4.74 Å². The van der Waals surface area contributed by atoms with Gasteiger partial charge in [0, 0.05) is 17.1 Å². The maximum Gasteiger partial charge on any atom is 0.339 e. The number of nitrogens with one attached hydrogen (secondary N) is 1. The van der Waals surface area contributed by atoms with Crippen LogP contribution in [-0.4, -0.2) is 18.1 Å². The van der Waals surface area contributed by atoms with Crippen LogP contribution in [0.1, 0.15) is 15.4 Å². The third kappa shape index (κ3) is 4.19. The Balaban J connectivity index is 1.85. The number of carbonyl (C=O) groups is 1. The maximum absolute atomic E-state index is 13.1. The monoisotopic (exact) mass is 379 g/mol. The van der Waals surface area contributed by atoms with Crippen LogP contribution < -0.4 is 5.32 Å². The molecule has 3 aromatic rings. The highest BCUT2D eigenvalue weighted by molar-refractivity contribution is 7.11. The molecule has 2 aromatic carbocycles. The van der Waals surface area contributed by atoms with E-state index in [4.69, 9.17) is 4.74 Å². The molecule has 0 bridgehead atoms. The summed E-state index contributed by atoms with van der Waals surface area (Å²) in [5, 5.41) is 14.7. The Bertz CT molecular complexity index is 1040. The molecule has 0 radical (unpaired) electrons. The molecule has 0 atom stereocenters. The van der Waals surface area contributed by atoms with Gasteiger partial charge < -0.3 is 10.1 Å². The standard InChI is InChI=1S/C20H14FN3O2S/c1-26-20(25)16-4-2-3-5-17(16)23-11-14(10-22)19-24-18(12-27-19)13-6-8-15(21)9-7-13/h2-9,11-12,23H,1H3. The van der Waals surface area contributed by atoms with E-state index in [0.717, 1.165) is 5.56 Å². The van der Waals surface area contributed by atoms with Crippen molar-refractivity contribution < 1.29 is 13.9 Å². The highest BCUT2D eigenvalue weighted by atomic mass is 32.1. The molecule has 1 heterocycles. The zero-order valence-corrected chi connectivity index (χ0v) is 15.1. The number of benzene rings is 2. The smallest absolute Gasteiger partial charge is 0.339 e. The molecule has 0 aliphatic carbocycles. The number of allylic oxidation sites excluding steroid dienone is 1. The first kappa shape index (κ1) is 18.3. The van der Waals surface area contributed by atoms with E-state index in [1.165, 1.54) is 36.8 Å². The lowest BCUT2D eigenvalue weighted by atomic mass is 10.1. The van der Waals surface area contributed by atoms with Crippen molar-refractivity contribution in [1.82, 2.24) is 4.98 Å². The predicted octanol–water partition coefficient (Wildman–Crippen LogP) is 4.71. The number of anilines is 1. The Labute approximate surface area is 159 Å². The topological polar surface area (TPSA) is 75.0 Å². The van der Waals surface area contributed by atoms with E-state index in [1.54, 1.807) is 41.8 Å². The summed E-state index contributed by atoms with van der Waals surface area (Å²) in [7, 11) is 1.31. The molecule has 0 spiro atoms. The van der Waals surface area contributed by atoms with Gasteiger partial charge in [-0.15, -0.1) is 11.3 Å². The first-order valence-electron chi connectivity index (χ1n) is 7.88. The van der Waals surface area contributed by atoms with Crippen molar-refractivity contribution >= 4 is 28.6 Å². The average molecular weight is 379 g/mol. The zero-order chi connectivity index (χ0) is 19.2. The quantitative estimate of drug-likeness (QED) is 0.513. The fraction of sp³-hybridized carbons (Fsp3) is 0.0500. The van der Waals surface area contributed by atoms with Crippen LogP contribution in [0.5, 0.6) is 0 Å². The van der Waals surface area contributed by atoms with Crippen LogP contribution in [0.25, 0.3) is 16.8 Å². The van der Waals surface area contributed by atoms with Crippen LogP contribution in [0, 0.1) is 17.1 Å². The molecule has 0 aliphatic heterocycles. The van der Waals surface area contributed by atoms with Crippen LogP contribution in [0.2, 0.25) is 0 Å². The molecule has 0 aliphatic rings. The number of hydrogen-bond acceptors (Lipinski definition) is 6. The summed E-state index contributed by atoms with van der Waals surface area (Å²) in [6.07, 6.45) is 1.50. The fourth-order valence-corrected chi connectivity index (χ4v) is 3.13. The lowest BCUT2D eigenvalue weighted by molar-refractivity contribution is 0.0602. The molecule has 134 valence electrons. The van der Waals surface area contributed by atoms with Crippen LogP contribution >= 0.6 is 11.3 Å². The molecular weight excluding hydrogens is 365 g/mol. The predicted molar refractivity (Wildman–Crippen MR) is 103 cm³/mol. The van der Waals surface area contributed by atoms with Gasteiger partial charge in [-0.3, -0.25) is 0 Å². The summed E-state index contributed by atoms with van der Waals surface area (Å²) >= 11 is 1.30. The number of ether oxygens (including phenoxy) is 1. The lowest BCUT2D eigenvalue weighted by Gasteiger charge is -2.07. The summed E-state index contributed by atoms with van der Waals surface area (Å²) < 4.78 is 17.8. The first-order valence-corrected chi connectivity index (χ1v) is 8.76. The Morgan fingerprint density at radius 3 is 2.70 bits per heavy atom. The van der Waals surface area contributed by atoms with Crippen molar-refractivity contribution in [3.05, 3.63) is 76.5 Å².